The third-order valence-electron chi connectivity index (χ3n) is 4.25. The Morgan fingerprint density at radius 3 is 2.47 bits per heavy atom. The van der Waals surface area contributed by atoms with Crippen LogP contribution in [0.25, 0.3) is 0 Å². The Morgan fingerprint density at radius 1 is 1.35 bits per heavy atom. The molecule has 2 atom stereocenters. The van der Waals surface area contributed by atoms with Crippen molar-refractivity contribution in [2.75, 3.05) is 19.6 Å². The molecule has 2 N–H and O–H groups in total. The molecule has 0 aromatic rings. The molecule has 1 aliphatic heterocycles. The first-order chi connectivity index (χ1) is 7.93. The Kier molecular flexibility index (Phi) is 3.02. The van der Waals surface area contributed by atoms with Gasteiger partial charge in [0.15, 0.2) is 0 Å². The SMILES string of the molecule is CC1(C)C2CN(C(=O)NCCCC(=O)O)CC21. The monoisotopic (exact) mass is 240 g/mol. The van der Waals surface area contributed by atoms with Gasteiger partial charge in [0.1, 0.15) is 0 Å². The largest absolute Gasteiger partial charge is 0.481 e. The van der Waals surface area contributed by atoms with Gasteiger partial charge in [-0.15, -0.1) is 0 Å². The molecule has 2 rings (SSSR count). The summed E-state index contributed by atoms with van der Waals surface area (Å²) in [5.41, 5.74) is 0.417. The van der Waals surface area contributed by atoms with Gasteiger partial charge in [0, 0.05) is 26.1 Å². The van der Waals surface area contributed by atoms with Crippen LogP contribution in [0.4, 0.5) is 4.79 Å². The van der Waals surface area contributed by atoms with Crippen molar-refractivity contribution >= 4 is 12.0 Å². The van der Waals surface area contributed by atoms with Crippen LogP contribution in [-0.2, 0) is 4.79 Å². The highest BCUT2D eigenvalue weighted by molar-refractivity contribution is 5.75. The fourth-order valence-corrected chi connectivity index (χ4v) is 2.84. The second-order valence-corrected chi connectivity index (χ2v) is 5.67. The first kappa shape index (κ1) is 12.2. The number of rotatable bonds is 4. The van der Waals surface area contributed by atoms with Gasteiger partial charge in [-0.25, -0.2) is 4.79 Å². The number of carboxylic acid groups (broad SMARTS) is 1. The minimum absolute atomic E-state index is 0.0432. The minimum Gasteiger partial charge on any atom is -0.481 e. The number of hydrogen-bond acceptors (Lipinski definition) is 2. The summed E-state index contributed by atoms with van der Waals surface area (Å²) >= 11 is 0. The summed E-state index contributed by atoms with van der Waals surface area (Å²) in [5.74, 6) is 0.503. The second-order valence-electron chi connectivity index (χ2n) is 5.67. The number of fused-ring (bicyclic) bond motifs is 1. The predicted molar refractivity (Wildman–Crippen MR) is 62.6 cm³/mol. The molecule has 96 valence electrons. The van der Waals surface area contributed by atoms with Gasteiger partial charge in [-0.2, -0.15) is 0 Å². The van der Waals surface area contributed by atoms with E-state index in [2.05, 4.69) is 19.2 Å². The zero-order valence-electron chi connectivity index (χ0n) is 10.4. The normalized spacial score (nSPS) is 28.7. The molecule has 0 spiro atoms. The molecule has 5 nitrogen and oxygen atoms in total. The number of urea groups is 1. The maximum absolute atomic E-state index is 11.7. The number of carbonyl (C=O) groups excluding carboxylic acids is 1. The van der Waals surface area contributed by atoms with Crippen LogP contribution in [0.1, 0.15) is 26.7 Å². The first-order valence-corrected chi connectivity index (χ1v) is 6.17. The standard InChI is InChI=1S/C12H20N2O3/c1-12(2)8-6-14(7-9(8)12)11(17)13-5-3-4-10(15)16/h8-9H,3-7H2,1-2H3,(H,13,17)(H,15,16). The molecule has 2 aliphatic rings. The quantitative estimate of drug-likeness (QED) is 0.724. The molecule has 5 heteroatoms. The highest BCUT2D eigenvalue weighted by Gasteiger charge is 2.62. The van der Waals surface area contributed by atoms with Crippen LogP contribution in [0.15, 0.2) is 0 Å². The van der Waals surface area contributed by atoms with Crippen LogP contribution >= 0.6 is 0 Å². The number of nitrogens with zero attached hydrogens (tertiary/aromatic N) is 1. The lowest BCUT2D eigenvalue weighted by atomic mass is 10.1. The lowest BCUT2D eigenvalue weighted by Gasteiger charge is -2.22. The molecule has 0 radical (unpaired) electrons. The molecule has 1 saturated carbocycles. The summed E-state index contributed by atoms with van der Waals surface area (Å²) < 4.78 is 0. The van der Waals surface area contributed by atoms with Crippen molar-refractivity contribution in [1.82, 2.24) is 10.2 Å². The summed E-state index contributed by atoms with van der Waals surface area (Å²) in [7, 11) is 0. The van der Waals surface area contributed by atoms with E-state index in [1.54, 1.807) is 0 Å². The number of likely N-dealkylation sites (tertiary alicyclic amines) is 1. The maximum Gasteiger partial charge on any atom is 0.317 e. The molecule has 2 fully saturated rings. The van der Waals surface area contributed by atoms with Gasteiger partial charge >= 0.3 is 12.0 Å². The van der Waals surface area contributed by atoms with E-state index in [-0.39, 0.29) is 12.5 Å². The Morgan fingerprint density at radius 2 is 1.94 bits per heavy atom. The van der Waals surface area contributed by atoms with E-state index in [9.17, 15) is 9.59 Å². The molecule has 17 heavy (non-hydrogen) atoms. The number of nitrogens with one attached hydrogen (secondary N) is 1. The highest BCUT2D eigenvalue weighted by Crippen LogP contribution is 2.61. The molecule has 0 aromatic carbocycles. The zero-order chi connectivity index (χ0) is 12.6. The molecule has 0 aromatic heterocycles. The van der Waals surface area contributed by atoms with Gasteiger partial charge in [-0.05, 0) is 23.7 Å². The van der Waals surface area contributed by atoms with E-state index in [0.717, 1.165) is 13.1 Å². The molecule has 1 saturated heterocycles. The highest BCUT2D eigenvalue weighted by atomic mass is 16.4. The molecular formula is C12H20N2O3. The lowest BCUT2D eigenvalue weighted by Crippen LogP contribution is -2.41. The van der Waals surface area contributed by atoms with E-state index >= 15 is 0 Å². The molecule has 1 heterocycles. The third kappa shape index (κ3) is 2.37. The Balaban J connectivity index is 1.64. The van der Waals surface area contributed by atoms with Crippen LogP contribution in [0.5, 0.6) is 0 Å². The first-order valence-electron chi connectivity index (χ1n) is 6.17. The van der Waals surface area contributed by atoms with Crippen LogP contribution in [-0.4, -0.2) is 41.6 Å². The van der Waals surface area contributed by atoms with Gasteiger partial charge < -0.3 is 15.3 Å². The molecule has 2 amide bonds. The fourth-order valence-electron chi connectivity index (χ4n) is 2.84. The summed E-state index contributed by atoms with van der Waals surface area (Å²) in [6, 6.07) is -0.0432. The minimum atomic E-state index is -0.816. The van der Waals surface area contributed by atoms with Crippen molar-refractivity contribution < 1.29 is 14.7 Å². The van der Waals surface area contributed by atoms with Crippen molar-refractivity contribution in [2.45, 2.75) is 26.7 Å². The van der Waals surface area contributed by atoms with E-state index in [1.165, 1.54) is 0 Å². The van der Waals surface area contributed by atoms with Crippen molar-refractivity contribution in [1.29, 1.82) is 0 Å². The summed E-state index contributed by atoms with van der Waals surface area (Å²) in [4.78, 5) is 23.9. The van der Waals surface area contributed by atoms with Gasteiger partial charge in [0.2, 0.25) is 0 Å². The van der Waals surface area contributed by atoms with Crippen LogP contribution in [0.3, 0.4) is 0 Å². The van der Waals surface area contributed by atoms with Crippen molar-refractivity contribution in [3.8, 4) is 0 Å². The smallest absolute Gasteiger partial charge is 0.317 e. The number of carboxylic acids is 1. The van der Waals surface area contributed by atoms with Gasteiger partial charge in [0.05, 0.1) is 0 Å². The average Bonchev–Trinajstić information content (AvgIpc) is 2.69. The number of aliphatic carboxylic acids is 1. The fraction of sp³-hybridized carbons (Fsp3) is 0.833. The average molecular weight is 240 g/mol. The zero-order valence-corrected chi connectivity index (χ0v) is 10.4. The van der Waals surface area contributed by atoms with Crippen LogP contribution < -0.4 is 5.32 Å². The van der Waals surface area contributed by atoms with Crippen molar-refractivity contribution in [3.05, 3.63) is 0 Å². The Hall–Kier alpha value is -1.26. The summed E-state index contributed by atoms with van der Waals surface area (Å²) in [6.07, 6.45) is 0.603. The topological polar surface area (TPSA) is 69.6 Å². The lowest BCUT2D eigenvalue weighted by molar-refractivity contribution is -0.137. The Bertz CT molecular complexity index is 327. The van der Waals surface area contributed by atoms with Crippen molar-refractivity contribution in [2.24, 2.45) is 17.3 Å². The van der Waals surface area contributed by atoms with Crippen LogP contribution in [0.2, 0.25) is 0 Å². The van der Waals surface area contributed by atoms with E-state index in [4.69, 9.17) is 5.11 Å². The second kappa shape index (κ2) is 4.20. The van der Waals surface area contributed by atoms with E-state index in [1.807, 2.05) is 4.90 Å². The summed E-state index contributed by atoms with van der Waals surface area (Å²) in [6.45, 7) is 6.65. The predicted octanol–water partition coefficient (Wildman–Crippen LogP) is 1.15. The van der Waals surface area contributed by atoms with E-state index < -0.39 is 5.97 Å². The molecule has 0 bridgehead atoms. The van der Waals surface area contributed by atoms with Gasteiger partial charge in [0.25, 0.3) is 0 Å². The number of piperidine rings is 1. The maximum atomic E-state index is 11.7. The van der Waals surface area contributed by atoms with Gasteiger partial charge in [-0.3, -0.25) is 4.79 Å². The number of amides is 2. The molecule has 2 unspecified atom stereocenters. The van der Waals surface area contributed by atoms with Gasteiger partial charge in [-0.1, -0.05) is 13.8 Å². The Labute approximate surface area is 101 Å². The van der Waals surface area contributed by atoms with Crippen molar-refractivity contribution in [3.63, 3.8) is 0 Å². The number of carbonyl (C=O) groups is 2. The number of hydrogen-bond donors (Lipinski definition) is 2. The van der Waals surface area contributed by atoms with E-state index in [0.29, 0.717) is 30.2 Å². The van der Waals surface area contributed by atoms with Crippen LogP contribution in [0, 0.1) is 17.3 Å². The molecular weight excluding hydrogens is 220 g/mol. The third-order valence-corrected chi connectivity index (χ3v) is 4.25. The summed E-state index contributed by atoms with van der Waals surface area (Å²) in [5, 5.41) is 11.2. The molecule has 1 aliphatic carbocycles.